The molecule has 0 bridgehead atoms. The topological polar surface area (TPSA) is 73.6 Å². The van der Waals surface area contributed by atoms with Gasteiger partial charge in [0.05, 0.1) is 23.2 Å². The summed E-state index contributed by atoms with van der Waals surface area (Å²) >= 11 is 1.43. The Labute approximate surface area is 146 Å². The molecule has 0 spiro atoms. The van der Waals surface area contributed by atoms with Crippen LogP contribution in [0.4, 0.5) is 0 Å². The van der Waals surface area contributed by atoms with Gasteiger partial charge in [0.25, 0.3) is 5.56 Å². The number of esters is 1. The van der Waals surface area contributed by atoms with E-state index < -0.39 is 0 Å². The number of rotatable bonds is 4. The van der Waals surface area contributed by atoms with Gasteiger partial charge < -0.3 is 4.74 Å². The van der Waals surface area contributed by atoms with Crippen LogP contribution in [0.5, 0.6) is 0 Å². The predicted molar refractivity (Wildman–Crippen MR) is 97.1 cm³/mol. The van der Waals surface area contributed by atoms with Crippen LogP contribution in [0.3, 0.4) is 0 Å². The van der Waals surface area contributed by atoms with Crippen molar-refractivity contribution in [3.8, 4) is 0 Å². The maximum atomic E-state index is 12.2. The minimum Gasteiger partial charge on any atom is -0.466 e. The summed E-state index contributed by atoms with van der Waals surface area (Å²) in [5.74, 6) is -0.338. The van der Waals surface area contributed by atoms with Gasteiger partial charge in [0.1, 0.15) is 5.69 Å². The summed E-state index contributed by atoms with van der Waals surface area (Å²) in [5.41, 5.74) is 0.821. The molecule has 6 nitrogen and oxygen atoms in total. The van der Waals surface area contributed by atoms with E-state index in [4.69, 9.17) is 4.74 Å². The van der Waals surface area contributed by atoms with Crippen LogP contribution >= 0.6 is 11.3 Å². The fourth-order valence-electron chi connectivity index (χ4n) is 2.86. The number of aryl methyl sites for hydroxylation is 1. The summed E-state index contributed by atoms with van der Waals surface area (Å²) in [4.78, 5) is 28.5. The zero-order chi connectivity index (χ0) is 17.4. The highest BCUT2D eigenvalue weighted by molar-refractivity contribution is 7.23. The first-order valence-corrected chi connectivity index (χ1v) is 8.85. The van der Waals surface area contributed by atoms with E-state index in [1.165, 1.54) is 11.3 Å². The van der Waals surface area contributed by atoms with Gasteiger partial charge in [-0.25, -0.2) is 4.52 Å². The van der Waals surface area contributed by atoms with Crippen LogP contribution in [-0.4, -0.2) is 27.2 Å². The van der Waals surface area contributed by atoms with E-state index in [0.29, 0.717) is 11.6 Å². The lowest BCUT2D eigenvalue weighted by Gasteiger charge is -2.03. The number of ether oxygens (including phenoxy) is 1. The molecule has 0 unspecified atom stereocenters. The summed E-state index contributed by atoms with van der Waals surface area (Å²) in [6.45, 7) is 2.07. The largest absolute Gasteiger partial charge is 0.466 e. The van der Waals surface area contributed by atoms with Crippen molar-refractivity contribution in [3.05, 3.63) is 52.4 Å². The molecule has 0 fully saturated rings. The molecule has 4 aromatic rings. The van der Waals surface area contributed by atoms with Crippen LogP contribution in [0.15, 0.2) is 41.2 Å². The second kappa shape index (κ2) is 6.25. The monoisotopic (exact) mass is 353 g/mol. The fourth-order valence-corrected chi connectivity index (χ4v) is 3.83. The standard InChI is InChI=1S/C18H15N3O3S/c1-2-24-15(22)10-8-13-17(23)19-18-21(20-13)16-12-6-4-3-5-11(12)7-9-14(16)25-18/h3-7,9H,2,8,10H2,1H3. The molecule has 0 aliphatic rings. The Hall–Kier alpha value is -2.80. The number of fused-ring (bicyclic) bond motifs is 5. The molecule has 0 saturated heterocycles. The second-order valence-corrected chi connectivity index (χ2v) is 6.61. The number of nitrogens with zero attached hydrogens (tertiary/aromatic N) is 3. The van der Waals surface area contributed by atoms with Crippen molar-refractivity contribution >= 4 is 43.3 Å². The highest BCUT2D eigenvalue weighted by Crippen LogP contribution is 2.30. The van der Waals surface area contributed by atoms with Crippen molar-refractivity contribution in [2.45, 2.75) is 19.8 Å². The first-order chi connectivity index (χ1) is 12.2. The Kier molecular flexibility index (Phi) is 3.93. The first kappa shape index (κ1) is 15.7. The molecular weight excluding hydrogens is 338 g/mol. The molecule has 4 rings (SSSR count). The molecule has 7 heteroatoms. The third kappa shape index (κ3) is 2.76. The van der Waals surface area contributed by atoms with Gasteiger partial charge in [0, 0.05) is 11.8 Å². The van der Waals surface area contributed by atoms with Gasteiger partial charge in [0.2, 0.25) is 4.96 Å². The van der Waals surface area contributed by atoms with Crippen molar-refractivity contribution in [1.29, 1.82) is 0 Å². The molecule has 2 aromatic heterocycles. The zero-order valence-electron chi connectivity index (χ0n) is 13.6. The van der Waals surface area contributed by atoms with Gasteiger partial charge >= 0.3 is 5.97 Å². The molecule has 126 valence electrons. The summed E-state index contributed by atoms with van der Waals surface area (Å²) < 4.78 is 7.64. The lowest BCUT2D eigenvalue weighted by Crippen LogP contribution is -2.19. The molecule has 25 heavy (non-hydrogen) atoms. The van der Waals surface area contributed by atoms with Crippen LogP contribution < -0.4 is 5.56 Å². The number of hydrogen-bond donors (Lipinski definition) is 0. The van der Waals surface area contributed by atoms with Gasteiger partial charge in [-0.15, -0.1) is 0 Å². The van der Waals surface area contributed by atoms with E-state index >= 15 is 0 Å². The van der Waals surface area contributed by atoms with Crippen molar-refractivity contribution in [1.82, 2.24) is 14.6 Å². The molecule has 2 heterocycles. The van der Waals surface area contributed by atoms with Gasteiger partial charge in [0.15, 0.2) is 0 Å². The third-order valence-corrected chi connectivity index (χ3v) is 4.99. The second-order valence-electron chi connectivity index (χ2n) is 5.60. The summed E-state index contributed by atoms with van der Waals surface area (Å²) in [6, 6.07) is 12.1. The minimum absolute atomic E-state index is 0.118. The number of hydrogen-bond acceptors (Lipinski definition) is 6. The minimum atomic E-state index is -0.389. The third-order valence-electron chi connectivity index (χ3n) is 3.99. The van der Waals surface area contributed by atoms with Crippen molar-refractivity contribution in [2.24, 2.45) is 0 Å². The SMILES string of the molecule is CCOC(=O)CCc1nn2c(nc1=O)sc1ccc3ccccc3c12. The Morgan fingerprint density at radius 3 is 2.92 bits per heavy atom. The highest BCUT2D eigenvalue weighted by Gasteiger charge is 2.14. The molecule has 0 aliphatic heterocycles. The summed E-state index contributed by atoms with van der Waals surface area (Å²) in [5, 5.41) is 6.65. The number of thiazole rings is 1. The molecular formula is C18H15N3O3S. The van der Waals surface area contributed by atoms with E-state index in [1.54, 1.807) is 11.4 Å². The van der Waals surface area contributed by atoms with E-state index in [0.717, 1.165) is 21.0 Å². The van der Waals surface area contributed by atoms with E-state index in [1.807, 2.05) is 36.4 Å². The Morgan fingerprint density at radius 1 is 1.24 bits per heavy atom. The molecule has 0 N–H and O–H groups in total. The maximum Gasteiger partial charge on any atom is 0.306 e. The highest BCUT2D eigenvalue weighted by atomic mass is 32.1. The first-order valence-electron chi connectivity index (χ1n) is 8.03. The summed E-state index contributed by atoms with van der Waals surface area (Å²) in [6.07, 6.45) is 0.336. The van der Waals surface area contributed by atoms with Gasteiger partial charge in [-0.2, -0.15) is 10.1 Å². The number of aromatic nitrogens is 3. The Bertz CT molecular complexity index is 1160. The zero-order valence-corrected chi connectivity index (χ0v) is 14.4. The lowest BCUT2D eigenvalue weighted by atomic mass is 10.1. The molecule has 0 saturated carbocycles. The van der Waals surface area contributed by atoms with Crippen LogP contribution in [0.2, 0.25) is 0 Å². The molecule has 0 atom stereocenters. The van der Waals surface area contributed by atoms with Crippen LogP contribution in [0.25, 0.3) is 25.9 Å². The molecule has 0 aliphatic carbocycles. The van der Waals surface area contributed by atoms with Crippen LogP contribution in [0, 0.1) is 0 Å². The van der Waals surface area contributed by atoms with Crippen molar-refractivity contribution in [3.63, 3.8) is 0 Å². The molecule has 0 amide bonds. The van der Waals surface area contributed by atoms with Gasteiger partial charge in [-0.05, 0) is 18.4 Å². The van der Waals surface area contributed by atoms with E-state index in [-0.39, 0.29) is 30.1 Å². The number of carbonyl (C=O) groups is 1. The van der Waals surface area contributed by atoms with Gasteiger partial charge in [-0.3, -0.25) is 9.59 Å². The normalized spacial score (nSPS) is 11.4. The number of carbonyl (C=O) groups excluding carboxylic acids is 1. The average molecular weight is 353 g/mol. The van der Waals surface area contributed by atoms with E-state index in [9.17, 15) is 9.59 Å². The number of benzene rings is 2. The lowest BCUT2D eigenvalue weighted by molar-refractivity contribution is -0.143. The quantitative estimate of drug-likeness (QED) is 0.527. The Morgan fingerprint density at radius 2 is 2.08 bits per heavy atom. The summed E-state index contributed by atoms with van der Waals surface area (Å²) in [7, 11) is 0. The van der Waals surface area contributed by atoms with Crippen LogP contribution in [0.1, 0.15) is 19.0 Å². The average Bonchev–Trinajstić information content (AvgIpc) is 2.97. The Balaban J connectivity index is 1.88. The van der Waals surface area contributed by atoms with Crippen LogP contribution in [-0.2, 0) is 16.0 Å². The predicted octanol–water partition coefficient (Wildman–Crippen LogP) is 2.95. The molecule has 0 radical (unpaired) electrons. The van der Waals surface area contributed by atoms with Crippen molar-refractivity contribution < 1.29 is 9.53 Å². The van der Waals surface area contributed by atoms with E-state index in [2.05, 4.69) is 10.1 Å². The fraction of sp³-hybridized carbons (Fsp3) is 0.222. The van der Waals surface area contributed by atoms with Crippen molar-refractivity contribution in [2.75, 3.05) is 6.61 Å². The molecule has 2 aromatic carbocycles. The smallest absolute Gasteiger partial charge is 0.306 e. The van der Waals surface area contributed by atoms with Gasteiger partial charge in [-0.1, -0.05) is 41.7 Å². The maximum absolute atomic E-state index is 12.2.